The average molecular weight is 256 g/mol. The third kappa shape index (κ3) is 1.66. The van der Waals surface area contributed by atoms with Gasteiger partial charge in [0, 0.05) is 0 Å². The van der Waals surface area contributed by atoms with Crippen LogP contribution in [0.25, 0.3) is 22.3 Å². The van der Waals surface area contributed by atoms with Crippen LogP contribution < -0.4 is 10.4 Å². The van der Waals surface area contributed by atoms with Crippen LogP contribution in [0.3, 0.4) is 0 Å². The van der Waals surface area contributed by atoms with E-state index in [1.165, 1.54) is 32.6 Å². The summed E-state index contributed by atoms with van der Waals surface area (Å²) in [6, 6.07) is 26.1. The lowest BCUT2D eigenvalue weighted by atomic mass is 9.81. The van der Waals surface area contributed by atoms with Gasteiger partial charge in [-0.05, 0) is 22.3 Å². The molecule has 0 N–H and O–H groups in total. The second kappa shape index (κ2) is 4.21. The van der Waals surface area contributed by atoms with E-state index in [0.717, 1.165) is 9.52 Å². The van der Waals surface area contributed by atoms with Crippen LogP contribution in [0.2, 0.25) is 0 Å². The van der Waals surface area contributed by atoms with Crippen molar-refractivity contribution in [3.63, 3.8) is 0 Å². The zero-order valence-corrected chi connectivity index (χ0v) is 11.4. The maximum Gasteiger partial charge on any atom is 0.122 e. The van der Waals surface area contributed by atoms with Crippen molar-refractivity contribution in [1.29, 1.82) is 0 Å². The van der Waals surface area contributed by atoms with Crippen molar-refractivity contribution in [1.82, 2.24) is 0 Å². The van der Waals surface area contributed by atoms with Crippen LogP contribution in [-0.4, -0.2) is 9.52 Å². The van der Waals surface area contributed by atoms with Crippen LogP contribution in [0.1, 0.15) is 0 Å². The lowest BCUT2D eigenvalue weighted by Crippen LogP contribution is -2.30. The Kier molecular flexibility index (Phi) is 2.39. The summed E-state index contributed by atoms with van der Waals surface area (Å²) in [5.74, 6) is 0. The highest BCUT2D eigenvalue weighted by Gasteiger charge is 2.24. The summed E-state index contributed by atoms with van der Waals surface area (Å²) in [6.07, 6.45) is 0. The van der Waals surface area contributed by atoms with Crippen molar-refractivity contribution in [3.8, 4) is 22.3 Å². The van der Waals surface area contributed by atoms with Crippen LogP contribution >= 0.6 is 0 Å². The molecule has 0 bridgehead atoms. The van der Waals surface area contributed by atoms with Crippen molar-refractivity contribution in [3.05, 3.63) is 72.8 Å². The largest absolute Gasteiger partial charge is 0.122 e. The number of rotatable bonds is 2. The number of fused-ring (bicyclic) bond motifs is 4. The summed E-state index contributed by atoms with van der Waals surface area (Å²) in [4.78, 5) is 0. The van der Waals surface area contributed by atoms with Gasteiger partial charge in [0.25, 0.3) is 0 Å². The van der Waals surface area contributed by atoms with Gasteiger partial charge in [-0.1, -0.05) is 83.2 Å². The molecule has 19 heavy (non-hydrogen) atoms. The third-order valence-corrected chi connectivity index (χ3v) is 4.91. The second-order valence-electron chi connectivity index (χ2n) is 4.76. The van der Waals surface area contributed by atoms with Crippen molar-refractivity contribution in [2.24, 2.45) is 0 Å². The molecule has 0 aromatic heterocycles. The van der Waals surface area contributed by atoms with Crippen LogP contribution in [0, 0.1) is 0 Å². The van der Waals surface area contributed by atoms with E-state index >= 15 is 0 Å². The normalized spacial score (nSPS) is 11.4. The predicted octanol–water partition coefficient (Wildman–Crippen LogP) is 2.99. The van der Waals surface area contributed by atoms with Gasteiger partial charge in [-0.25, -0.2) is 0 Å². The summed E-state index contributed by atoms with van der Waals surface area (Å²) in [7, 11) is 0.735. The molecule has 88 valence electrons. The van der Waals surface area contributed by atoms with Crippen molar-refractivity contribution >= 4 is 19.9 Å². The summed E-state index contributed by atoms with van der Waals surface area (Å²) in [5, 5.41) is 2.86. The van der Waals surface area contributed by atoms with Gasteiger partial charge >= 0.3 is 0 Å². The van der Waals surface area contributed by atoms with Crippen molar-refractivity contribution in [2.75, 3.05) is 0 Å². The van der Waals surface area contributed by atoms with Crippen LogP contribution in [0.5, 0.6) is 0 Å². The standard InChI is InChI=1S/C18H12Si/c1-2-7-13(8-3-1)19-17-12-6-11-16-14-9-4-5-10-15(14)18(16)17/h1-12H. The lowest BCUT2D eigenvalue weighted by molar-refractivity contribution is 1.54. The molecule has 3 aromatic rings. The molecule has 4 rings (SSSR count). The molecule has 0 unspecified atom stereocenters. The fourth-order valence-electron chi connectivity index (χ4n) is 2.72. The highest BCUT2D eigenvalue weighted by molar-refractivity contribution is 6.69. The fraction of sp³-hybridized carbons (Fsp3) is 0. The lowest BCUT2D eigenvalue weighted by Gasteiger charge is -2.26. The Bertz CT molecular complexity index is 745. The van der Waals surface area contributed by atoms with E-state index in [0.29, 0.717) is 0 Å². The van der Waals surface area contributed by atoms with E-state index in [1.54, 1.807) is 0 Å². The van der Waals surface area contributed by atoms with Crippen LogP contribution in [0.4, 0.5) is 0 Å². The second-order valence-corrected chi connectivity index (χ2v) is 6.13. The predicted molar refractivity (Wildman–Crippen MR) is 82.3 cm³/mol. The quantitative estimate of drug-likeness (QED) is 0.484. The molecular weight excluding hydrogens is 244 g/mol. The monoisotopic (exact) mass is 256 g/mol. The Morgan fingerprint density at radius 3 is 2.05 bits per heavy atom. The van der Waals surface area contributed by atoms with Crippen LogP contribution in [0.15, 0.2) is 72.8 Å². The smallest absolute Gasteiger partial charge is 0.0631 e. The molecule has 0 heterocycles. The van der Waals surface area contributed by atoms with Gasteiger partial charge in [-0.15, -0.1) is 0 Å². The molecule has 0 aliphatic heterocycles. The van der Waals surface area contributed by atoms with E-state index in [2.05, 4.69) is 72.8 Å². The van der Waals surface area contributed by atoms with E-state index in [4.69, 9.17) is 0 Å². The first-order chi connectivity index (χ1) is 9.43. The molecule has 2 radical (unpaired) electrons. The Morgan fingerprint density at radius 2 is 1.21 bits per heavy atom. The summed E-state index contributed by atoms with van der Waals surface area (Å²) in [6.45, 7) is 0. The highest BCUT2D eigenvalue weighted by atomic mass is 28.2. The van der Waals surface area contributed by atoms with Gasteiger partial charge in [-0.2, -0.15) is 0 Å². The molecule has 0 spiro atoms. The molecule has 1 aliphatic rings. The van der Waals surface area contributed by atoms with E-state index in [9.17, 15) is 0 Å². The molecule has 0 amide bonds. The molecule has 1 heteroatoms. The van der Waals surface area contributed by atoms with Crippen molar-refractivity contribution in [2.45, 2.75) is 0 Å². The van der Waals surface area contributed by atoms with E-state index in [1.807, 2.05) is 0 Å². The Morgan fingerprint density at radius 1 is 0.526 bits per heavy atom. The molecule has 0 atom stereocenters. The van der Waals surface area contributed by atoms with Gasteiger partial charge < -0.3 is 0 Å². The molecule has 0 saturated heterocycles. The minimum atomic E-state index is 0.735. The Balaban J connectivity index is 1.79. The van der Waals surface area contributed by atoms with Gasteiger partial charge in [0.2, 0.25) is 0 Å². The molecular formula is C18H12Si. The van der Waals surface area contributed by atoms with Gasteiger partial charge in [0.1, 0.15) is 9.52 Å². The fourth-order valence-corrected chi connectivity index (χ4v) is 3.97. The van der Waals surface area contributed by atoms with Crippen LogP contribution in [-0.2, 0) is 0 Å². The Labute approximate surface area is 115 Å². The molecule has 0 fully saturated rings. The molecule has 0 saturated carbocycles. The van der Waals surface area contributed by atoms with E-state index < -0.39 is 0 Å². The minimum Gasteiger partial charge on any atom is -0.0631 e. The summed E-state index contributed by atoms with van der Waals surface area (Å²) in [5.41, 5.74) is 5.69. The SMILES string of the molecule is c1ccc([Si]c2cccc3c2-c2ccccc2-3)cc1. The topological polar surface area (TPSA) is 0 Å². The third-order valence-electron chi connectivity index (χ3n) is 3.60. The highest BCUT2D eigenvalue weighted by Crippen LogP contribution is 2.45. The summed E-state index contributed by atoms with van der Waals surface area (Å²) < 4.78 is 0. The molecule has 1 aliphatic carbocycles. The van der Waals surface area contributed by atoms with Crippen molar-refractivity contribution < 1.29 is 0 Å². The molecule has 0 nitrogen and oxygen atoms in total. The van der Waals surface area contributed by atoms with Gasteiger partial charge in [0.05, 0.1) is 0 Å². The average Bonchev–Trinajstić information content (AvgIpc) is 2.45. The zero-order valence-electron chi connectivity index (χ0n) is 10.4. The number of benzene rings is 3. The minimum absolute atomic E-state index is 0.735. The number of hydrogen-bond donors (Lipinski definition) is 0. The maximum absolute atomic E-state index is 2.26. The number of hydrogen-bond acceptors (Lipinski definition) is 0. The maximum atomic E-state index is 2.26. The zero-order chi connectivity index (χ0) is 12.7. The first-order valence-corrected chi connectivity index (χ1v) is 7.48. The summed E-state index contributed by atoms with van der Waals surface area (Å²) >= 11 is 0. The van der Waals surface area contributed by atoms with Gasteiger partial charge in [-0.3, -0.25) is 0 Å². The first-order valence-electron chi connectivity index (χ1n) is 6.48. The van der Waals surface area contributed by atoms with Gasteiger partial charge in [0.15, 0.2) is 0 Å². The van der Waals surface area contributed by atoms with E-state index in [-0.39, 0.29) is 0 Å². The molecule has 3 aromatic carbocycles. The first kappa shape index (κ1) is 10.8. The Hall–Kier alpha value is -2.12.